The van der Waals surface area contributed by atoms with Gasteiger partial charge in [-0.1, -0.05) is 0 Å². The molecule has 0 radical (unpaired) electrons. The maximum Gasteiger partial charge on any atom is 0.410 e. The quantitative estimate of drug-likeness (QED) is 0.782. The highest BCUT2D eigenvalue weighted by molar-refractivity contribution is 5.68. The number of amides is 1. The molecule has 1 fully saturated rings. The zero-order valence-corrected chi connectivity index (χ0v) is 12.3. The minimum absolute atomic E-state index is 0.179. The van der Waals surface area contributed by atoms with Crippen molar-refractivity contribution in [3.8, 4) is 0 Å². The van der Waals surface area contributed by atoms with Crippen LogP contribution in [0.1, 0.15) is 33.6 Å². The number of hydrogen-bond acceptors (Lipinski definition) is 4. The number of piperidine rings is 1. The molecule has 0 saturated carbocycles. The van der Waals surface area contributed by atoms with Gasteiger partial charge in [0.25, 0.3) is 0 Å². The van der Waals surface area contributed by atoms with Gasteiger partial charge in [0.2, 0.25) is 0 Å². The third kappa shape index (κ3) is 5.69. The van der Waals surface area contributed by atoms with Crippen LogP contribution in [0.15, 0.2) is 0 Å². The summed E-state index contributed by atoms with van der Waals surface area (Å²) in [5, 5.41) is 1.97. The lowest BCUT2D eigenvalue weighted by Crippen LogP contribution is -2.44. The van der Waals surface area contributed by atoms with Crippen LogP contribution < -0.4 is 5.43 Å². The van der Waals surface area contributed by atoms with Crippen LogP contribution >= 0.6 is 0 Å². The van der Waals surface area contributed by atoms with Crippen molar-refractivity contribution in [2.24, 2.45) is 5.92 Å². The standard InChI is InChI=1S/C13H27N3O2/c1-13(2,3)18-12(17)16-8-6-11(7-9-16)10-14-15(4)5/h11,14H,6-10H2,1-5H3. The lowest BCUT2D eigenvalue weighted by molar-refractivity contribution is 0.0179. The second-order valence-electron chi connectivity index (χ2n) is 6.17. The van der Waals surface area contributed by atoms with Gasteiger partial charge in [0.1, 0.15) is 5.60 Å². The van der Waals surface area contributed by atoms with E-state index in [1.165, 1.54) is 0 Å². The first kappa shape index (κ1) is 15.2. The van der Waals surface area contributed by atoms with Crippen molar-refractivity contribution in [2.75, 3.05) is 33.7 Å². The summed E-state index contributed by atoms with van der Waals surface area (Å²) in [6.45, 7) is 8.29. The van der Waals surface area contributed by atoms with Gasteiger partial charge in [0.05, 0.1) is 0 Å². The van der Waals surface area contributed by atoms with E-state index >= 15 is 0 Å². The number of hydrazine groups is 1. The van der Waals surface area contributed by atoms with Crippen molar-refractivity contribution < 1.29 is 9.53 Å². The molecular formula is C13H27N3O2. The Morgan fingerprint density at radius 2 is 1.89 bits per heavy atom. The van der Waals surface area contributed by atoms with Gasteiger partial charge in [0.15, 0.2) is 0 Å². The molecule has 1 amide bonds. The summed E-state index contributed by atoms with van der Waals surface area (Å²) in [7, 11) is 3.99. The summed E-state index contributed by atoms with van der Waals surface area (Å²) in [4.78, 5) is 13.7. The number of nitrogens with zero attached hydrogens (tertiary/aromatic N) is 2. The molecule has 1 saturated heterocycles. The molecule has 0 aromatic heterocycles. The molecule has 0 aromatic rings. The van der Waals surface area contributed by atoms with Gasteiger partial charge in [0, 0.05) is 33.7 Å². The van der Waals surface area contributed by atoms with Crippen molar-refractivity contribution in [3.05, 3.63) is 0 Å². The average molecular weight is 257 g/mol. The predicted molar refractivity (Wildman–Crippen MR) is 72.2 cm³/mol. The fraction of sp³-hybridized carbons (Fsp3) is 0.923. The second kappa shape index (κ2) is 6.38. The topological polar surface area (TPSA) is 44.8 Å². The van der Waals surface area contributed by atoms with Crippen LogP contribution in [0.2, 0.25) is 0 Å². The minimum atomic E-state index is -0.402. The minimum Gasteiger partial charge on any atom is -0.444 e. The summed E-state index contributed by atoms with van der Waals surface area (Å²) in [6, 6.07) is 0. The number of nitrogens with one attached hydrogen (secondary N) is 1. The van der Waals surface area contributed by atoms with Crippen LogP contribution in [0, 0.1) is 5.92 Å². The zero-order chi connectivity index (χ0) is 13.8. The SMILES string of the molecule is CN(C)NCC1CCN(C(=O)OC(C)(C)C)CC1. The fourth-order valence-corrected chi connectivity index (χ4v) is 1.96. The number of carbonyl (C=O) groups excluding carboxylic acids is 1. The van der Waals surface area contributed by atoms with Crippen molar-refractivity contribution >= 4 is 6.09 Å². The Hall–Kier alpha value is -0.810. The van der Waals surface area contributed by atoms with E-state index in [1.54, 1.807) is 0 Å². The van der Waals surface area contributed by atoms with Crippen LogP contribution in [0.25, 0.3) is 0 Å². The van der Waals surface area contributed by atoms with Crippen molar-refractivity contribution in [1.82, 2.24) is 15.3 Å². The van der Waals surface area contributed by atoms with E-state index in [2.05, 4.69) is 5.43 Å². The molecule has 5 nitrogen and oxygen atoms in total. The first-order valence-electron chi connectivity index (χ1n) is 6.66. The van der Waals surface area contributed by atoms with Crippen LogP contribution in [-0.4, -0.2) is 55.3 Å². The lowest BCUT2D eigenvalue weighted by Gasteiger charge is -2.33. The molecule has 1 rings (SSSR count). The maximum absolute atomic E-state index is 11.9. The first-order chi connectivity index (χ1) is 8.28. The summed E-state index contributed by atoms with van der Waals surface area (Å²) in [6.07, 6.45) is 1.90. The van der Waals surface area contributed by atoms with E-state index in [1.807, 2.05) is 44.8 Å². The zero-order valence-electron chi connectivity index (χ0n) is 12.3. The molecule has 1 aliphatic heterocycles. The van der Waals surface area contributed by atoms with Gasteiger partial charge < -0.3 is 9.64 Å². The molecule has 18 heavy (non-hydrogen) atoms. The Balaban J connectivity index is 2.28. The summed E-state index contributed by atoms with van der Waals surface area (Å²) in [5.74, 6) is 0.645. The number of hydrogen-bond donors (Lipinski definition) is 1. The van der Waals surface area contributed by atoms with E-state index in [4.69, 9.17) is 4.74 Å². The molecule has 0 aromatic carbocycles. The Morgan fingerprint density at radius 1 is 1.33 bits per heavy atom. The molecule has 0 unspecified atom stereocenters. The molecule has 0 bridgehead atoms. The van der Waals surface area contributed by atoms with Crippen molar-refractivity contribution in [2.45, 2.75) is 39.2 Å². The highest BCUT2D eigenvalue weighted by Crippen LogP contribution is 2.19. The molecular weight excluding hydrogens is 230 g/mol. The van der Waals surface area contributed by atoms with Crippen LogP contribution in [-0.2, 0) is 4.74 Å². The fourth-order valence-electron chi connectivity index (χ4n) is 1.96. The number of carbonyl (C=O) groups is 1. The number of ether oxygens (including phenoxy) is 1. The van der Waals surface area contributed by atoms with E-state index in [9.17, 15) is 4.79 Å². The predicted octanol–water partition coefficient (Wildman–Crippen LogP) is 1.70. The van der Waals surface area contributed by atoms with Gasteiger partial charge >= 0.3 is 6.09 Å². The molecule has 1 N–H and O–H groups in total. The molecule has 1 heterocycles. The summed E-state index contributed by atoms with van der Waals surface area (Å²) < 4.78 is 5.37. The molecule has 1 aliphatic rings. The highest BCUT2D eigenvalue weighted by Gasteiger charge is 2.26. The molecule has 0 spiro atoms. The number of likely N-dealkylation sites (tertiary alicyclic amines) is 1. The van der Waals surface area contributed by atoms with E-state index in [0.29, 0.717) is 5.92 Å². The van der Waals surface area contributed by atoms with E-state index in [-0.39, 0.29) is 6.09 Å². The Labute approximate surface area is 110 Å². The molecule has 0 aliphatic carbocycles. The molecule has 0 atom stereocenters. The maximum atomic E-state index is 11.9. The summed E-state index contributed by atoms with van der Waals surface area (Å²) in [5.41, 5.74) is 2.89. The van der Waals surface area contributed by atoms with Gasteiger partial charge in [-0.2, -0.15) is 0 Å². The molecule has 5 heteroatoms. The van der Waals surface area contributed by atoms with Crippen molar-refractivity contribution in [3.63, 3.8) is 0 Å². The van der Waals surface area contributed by atoms with Crippen molar-refractivity contribution in [1.29, 1.82) is 0 Å². The monoisotopic (exact) mass is 257 g/mol. The van der Waals surface area contributed by atoms with Gasteiger partial charge in [-0.05, 0) is 39.5 Å². The van der Waals surface area contributed by atoms with E-state index < -0.39 is 5.60 Å². The Morgan fingerprint density at radius 3 is 2.33 bits per heavy atom. The lowest BCUT2D eigenvalue weighted by atomic mass is 9.97. The van der Waals surface area contributed by atoms with Crippen LogP contribution in [0.3, 0.4) is 0 Å². The van der Waals surface area contributed by atoms with Gasteiger partial charge in [-0.25, -0.2) is 4.79 Å². The first-order valence-corrected chi connectivity index (χ1v) is 6.66. The van der Waals surface area contributed by atoms with Crippen LogP contribution in [0.5, 0.6) is 0 Å². The third-order valence-electron chi connectivity index (χ3n) is 2.96. The normalized spacial score (nSPS) is 18.2. The van der Waals surface area contributed by atoms with Gasteiger partial charge in [-0.15, -0.1) is 0 Å². The number of rotatable bonds is 3. The second-order valence-corrected chi connectivity index (χ2v) is 6.17. The smallest absolute Gasteiger partial charge is 0.410 e. The third-order valence-corrected chi connectivity index (χ3v) is 2.96. The summed E-state index contributed by atoms with van der Waals surface area (Å²) >= 11 is 0. The highest BCUT2D eigenvalue weighted by atomic mass is 16.6. The average Bonchev–Trinajstić information content (AvgIpc) is 2.24. The van der Waals surface area contributed by atoms with Crippen LogP contribution in [0.4, 0.5) is 4.79 Å². The Bertz CT molecular complexity index is 266. The Kier molecular flexibility index (Phi) is 5.41. The largest absolute Gasteiger partial charge is 0.444 e. The molecule has 106 valence electrons. The van der Waals surface area contributed by atoms with Gasteiger partial charge in [-0.3, -0.25) is 10.4 Å². The van der Waals surface area contributed by atoms with E-state index in [0.717, 1.165) is 32.5 Å².